The smallest absolute Gasteiger partial charge is 0.236 e. The number of carbonyl (C=O) groups is 1. The van der Waals surface area contributed by atoms with Gasteiger partial charge in [0.2, 0.25) is 5.91 Å². The SMILES string of the molecule is CNC(=O)[C@@H]1C[C@H](C(C)C)CN1. The maximum Gasteiger partial charge on any atom is 0.236 e. The zero-order chi connectivity index (χ0) is 9.14. The van der Waals surface area contributed by atoms with Gasteiger partial charge < -0.3 is 10.6 Å². The van der Waals surface area contributed by atoms with E-state index in [2.05, 4.69) is 24.5 Å². The van der Waals surface area contributed by atoms with E-state index in [1.54, 1.807) is 7.05 Å². The summed E-state index contributed by atoms with van der Waals surface area (Å²) in [5, 5.41) is 5.89. The number of rotatable bonds is 2. The first-order chi connectivity index (χ1) is 5.65. The van der Waals surface area contributed by atoms with Crippen molar-refractivity contribution in [3.05, 3.63) is 0 Å². The molecule has 1 rings (SSSR count). The molecular weight excluding hydrogens is 152 g/mol. The van der Waals surface area contributed by atoms with E-state index in [9.17, 15) is 4.79 Å². The first-order valence-electron chi connectivity index (χ1n) is 4.60. The molecule has 1 amide bonds. The number of likely N-dealkylation sites (N-methyl/N-ethyl adjacent to an activating group) is 1. The molecule has 0 aromatic heterocycles. The van der Waals surface area contributed by atoms with E-state index in [1.807, 2.05) is 0 Å². The standard InChI is InChI=1S/C9H18N2O/c1-6(2)7-4-8(11-5-7)9(12)10-3/h6-8,11H,4-5H2,1-3H3,(H,10,12)/t7-,8-/m0/s1. The predicted molar refractivity (Wildman–Crippen MR) is 48.8 cm³/mol. The third-order valence-corrected chi connectivity index (χ3v) is 2.67. The highest BCUT2D eigenvalue weighted by Gasteiger charge is 2.29. The molecule has 0 aliphatic carbocycles. The van der Waals surface area contributed by atoms with Crippen molar-refractivity contribution in [1.29, 1.82) is 0 Å². The minimum Gasteiger partial charge on any atom is -0.358 e. The van der Waals surface area contributed by atoms with Crippen LogP contribution >= 0.6 is 0 Å². The van der Waals surface area contributed by atoms with Crippen molar-refractivity contribution in [2.24, 2.45) is 11.8 Å². The van der Waals surface area contributed by atoms with E-state index >= 15 is 0 Å². The van der Waals surface area contributed by atoms with Crippen molar-refractivity contribution >= 4 is 5.91 Å². The second kappa shape index (κ2) is 3.90. The molecule has 1 fully saturated rings. The van der Waals surface area contributed by atoms with Crippen molar-refractivity contribution in [3.8, 4) is 0 Å². The van der Waals surface area contributed by atoms with Gasteiger partial charge in [0, 0.05) is 7.05 Å². The molecule has 0 radical (unpaired) electrons. The van der Waals surface area contributed by atoms with Gasteiger partial charge in [-0.25, -0.2) is 0 Å². The average Bonchev–Trinajstić information content (AvgIpc) is 2.51. The van der Waals surface area contributed by atoms with Gasteiger partial charge in [-0.1, -0.05) is 13.8 Å². The highest BCUT2D eigenvalue weighted by atomic mass is 16.2. The van der Waals surface area contributed by atoms with E-state index in [0.717, 1.165) is 13.0 Å². The molecule has 0 saturated carbocycles. The average molecular weight is 170 g/mol. The highest BCUT2D eigenvalue weighted by Crippen LogP contribution is 2.21. The highest BCUT2D eigenvalue weighted by molar-refractivity contribution is 5.81. The molecule has 12 heavy (non-hydrogen) atoms. The summed E-state index contributed by atoms with van der Waals surface area (Å²) in [6.07, 6.45) is 0.983. The van der Waals surface area contributed by atoms with Gasteiger partial charge in [-0.3, -0.25) is 4.79 Å². The second-order valence-electron chi connectivity index (χ2n) is 3.81. The molecule has 1 aliphatic rings. The van der Waals surface area contributed by atoms with Crippen LogP contribution in [0, 0.1) is 11.8 Å². The van der Waals surface area contributed by atoms with Gasteiger partial charge in [0.15, 0.2) is 0 Å². The minimum atomic E-state index is 0.0439. The van der Waals surface area contributed by atoms with E-state index in [0.29, 0.717) is 11.8 Å². The Morgan fingerprint density at radius 1 is 1.58 bits per heavy atom. The Bertz CT molecular complexity index is 168. The number of nitrogens with one attached hydrogen (secondary N) is 2. The number of hydrogen-bond acceptors (Lipinski definition) is 2. The molecule has 3 heteroatoms. The molecule has 0 spiro atoms. The summed E-state index contributed by atoms with van der Waals surface area (Å²) in [5.41, 5.74) is 0. The van der Waals surface area contributed by atoms with Gasteiger partial charge in [0.1, 0.15) is 0 Å². The van der Waals surface area contributed by atoms with Gasteiger partial charge in [-0.2, -0.15) is 0 Å². The zero-order valence-corrected chi connectivity index (χ0v) is 8.05. The third-order valence-electron chi connectivity index (χ3n) is 2.67. The van der Waals surface area contributed by atoms with Crippen LogP contribution < -0.4 is 10.6 Å². The summed E-state index contributed by atoms with van der Waals surface area (Å²) in [5.74, 6) is 1.46. The molecule has 1 aliphatic heterocycles. The van der Waals surface area contributed by atoms with Gasteiger partial charge in [-0.05, 0) is 24.8 Å². The summed E-state index contributed by atoms with van der Waals surface area (Å²) in [6, 6.07) is 0.0439. The lowest BCUT2D eigenvalue weighted by molar-refractivity contribution is -0.122. The van der Waals surface area contributed by atoms with E-state index < -0.39 is 0 Å². The molecule has 1 saturated heterocycles. The lowest BCUT2D eigenvalue weighted by Crippen LogP contribution is -2.38. The van der Waals surface area contributed by atoms with Crippen LogP contribution in [0.15, 0.2) is 0 Å². The fourth-order valence-electron chi connectivity index (χ4n) is 1.64. The first-order valence-corrected chi connectivity index (χ1v) is 4.60. The van der Waals surface area contributed by atoms with E-state index in [-0.39, 0.29) is 11.9 Å². The molecule has 1 heterocycles. The molecule has 3 nitrogen and oxygen atoms in total. The number of carbonyl (C=O) groups excluding carboxylic acids is 1. The second-order valence-corrected chi connectivity index (χ2v) is 3.81. The van der Waals surface area contributed by atoms with Gasteiger partial charge in [0.05, 0.1) is 6.04 Å². The van der Waals surface area contributed by atoms with Crippen molar-refractivity contribution in [3.63, 3.8) is 0 Å². The topological polar surface area (TPSA) is 41.1 Å². The van der Waals surface area contributed by atoms with Crippen molar-refractivity contribution < 1.29 is 4.79 Å². The third kappa shape index (κ3) is 1.97. The van der Waals surface area contributed by atoms with Crippen LogP contribution in [0.25, 0.3) is 0 Å². The zero-order valence-electron chi connectivity index (χ0n) is 8.05. The molecule has 0 unspecified atom stereocenters. The Labute approximate surface area is 73.9 Å². The fourth-order valence-corrected chi connectivity index (χ4v) is 1.64. The summed E-state index contributed by atoms with van der Waals surface area (Å²) in [7, 11) is 1.69. The fraction of sp³-hybridized carbons (Fsp3) is 0.889. The van der Waals surface area contributed by atoms with Crippen LogP contribution in [0.3, 0.4) is 0 Å². The molecule has 0 bridgehead atoms. The van der Waals surface area contributed by atoms with Crippen LogP contribution in [0.1, 0.15) is 20.3 Å². The molecule has 2 atom stereocenters. The van der Waals surface area contributed by atoms with Crippen molar-refractivity contribution in [2.75, 3.05) is 13.6 Å². The summed E-state index contributed by atoms with van der Waals surface area (Å²) in [6.45, 7) is 5.40. The first kappa shape index (κ1) is 9.52. The molecule has 0 aromatic carbocycles. The number of hydrogen-bond donors (Lipinski definition) is 2. The van der Waals surface area contributed by atoms with Crippen LogP contribution in [0.2, 0.25) is 0 Å². The van der Waals surface area contributed by atoms with Crippen LogP contribution in [-0.4, -0.2) is 25.5 Å². The van der Waals surface area contributed by atoms with Gasteiger partial charge >= 0.3 is 0 Å². The molecule has 70 valence electrons. The normalized spacial score (nSPS) is 29.3. The Hall–Kier alpha value is -0.570. The summed E-state index contributed by atoms with van der Waals surface area (Å²) < 4.78 is 0. The van der Waals surface area contributed by atoms with Crippen molar-refractivity contribution in [2.45, 2.75) is 26.3 Å². The maximum atomic E-state index is 11.2. The van der Waals surface area contributed by atoms with Crippen LogP contribution in [-0.2, 0) is 4.79 Å². The number of amides is 1. The predicted octanol–water partition coefficient (Wildman–Crippen LogP) is 0.366. The lowest BCUT2D eigenvalue weighted by Gasteiger charge is -2.12. The molecule has 0 aromatic rings. The lowest BCUT2D eigenvalue weighted by atomic mass is 9.93. The van der Waals surface area contributed by atoms with E-state index in [1.165, 1.54) is 0 Å². The van der Waals surface area contributed by atoms with Crippen LogP contribution in [0.4, 0.5) is 0 Å². The van der Waals surface area contributed by atoms with E-state index in [4.69, 9.17) is 0 Å². The largest absolute Gasteiger partial charge is 0.358 e. The quantitative estimate of drug-likeness (QED) is 0.628. The Morgan fingerprint density at radius 3 is 2.67 bits per heavy atom. The Balaban J connectivity index is 2.40. The molecule has 2 N–H and O–H groups in total. The summed E-state index contributed by atoms with van der Waals surface area (Å²) >= 11 is 0. The van der Waals surface area contributed by atoms with Crippen LogP contribution in [0.5, 0.6) is 0 Å². The van der Waals surface area contributed by atoms with Crippen molar-refractivity contribution in [1.82, 2.24) is 10.6 Å². The molecular formula is C9H18N2O. The monoisotopic (exact) mass is 170 g/mol. The Morgan fingerprint density at radius 2 is 2.25 bits per heavy atom. The van der Waals surface area contributed by atoms with Gasteiger partial charge in [0.25, 0.3) is 0 Å². The summed E-state index contributed by atoms with van der Waals surface area (Å²) in [4.78, 5) is 11.2. The maximum absolute atomic E-state index is 11.2. The Kier molecular flexibility index (Phi) is 3.09. The van der Waals surface area contributed by atoms with Gasteiger partial charge in [-0.15, -0.1) is 0 Å². The minimum absolute atomic E-state index is 0.0439.